The maximum atomic E-state index is 11.0. The van der Waals surface area contributed by atoms with Crippen molar-refractivity contribution in [2.24, 2.45) is 5.73 Å². The van der Waals surface area contributed by atoms with Gasteiger partial charge < -0.3 is 11.1 Å². The Kier molecular flexibility index (Phi) is 4.02. The monoisotopic (exact) mass is 275 g/mol. The van der Waals surface area contributed by atoms with Gasteiger partial charge in [0.25, 0.3) is 5.91 Å². The number of primary amides is 1. The number of nitrogens with two attached hydrogens (primary N) is 1. The Balaban J connectivity index is 2.07. The van der Waals surface area contributed by atoms with Gasteiger partial charge in [-0.15, -0.1) is 0 Å². The fourth-order valence-electron chi connectivity index (χ4n) is 1.70. The minimum absolute atomic E-state index is 0.247. The van der Waals surface area contributed by atoms with E-state index in [4.69, 9.17) is 17.3 Å². The van der Waals surface area contributed by atoms with E-state index in [1.54, 1.807) is 18.3 Å². The van der Waals surface area contributed by atoms with E-state index >= 15 is 0 Å². The summed E-state index contributed by atoms with van der Waals surface area (Å²) in [5, 5.41) is 3.97. The first-order valence-corrected chi connectivity index (χ1v) is 6.19. The molecule has 0 fully saturated rings. The van der Waals surface area contributed by atoms with E-state index in [2.05, 4.69) is 10.3 Å². The van der Waals surface area contributed by atoms with Crippen LogP contribution < -0.4 is 11.1 Å². The number of amides is 1. The number of nitrogens with zero attached hydrogens (tertiary/aromatic N) is 1. The predicted octanol–water partition coefficient (Wildman–Crippen LogP) is 2.75. The molecule has 0 bridgehead atoms. The van der Waals surface area contributed by atoms with Crippen molar-refractivity contribution in [1.82, 2.24) is 4.98 Å². The van der Waals surface area contributed by atoms with E-state index in [1.807, 2.05) is 25.1 Å². The second kappa shape index (κ2) is 5.71. The third-order valence-electron chi connectivity index (χ3n) is 2.73. The van der Waals surface area contributed by atoms with E-state index < -0.39 is 5.91 Å². The molecular formula is C14H14ClN3O. The molecule has 3 N–H and O–H groups in total. The van der Waals surface area contributed by atoms with Gasteiger partial charge in [0.15, 0.2) is 0 Å². The molecule has 1 aromatic carbocycles. The van der Waals surface area contributed by atoms with Crippen molar-refractivity contribution in [1.29, 1.82) is 0 Å². The molecule has 0 saturated carbocycles. The van der Waals surface area contributed by atoms with Crippen molar-refractivity contribution in [3.05, 3.63) is 58.4 Å². The van der Waals surface area contributed by atoms with Gasteiger partial charge in [0.1, 0.15) is 5.69 Å². The third-order valence-corrected chi connectivity index (χ3v) is 3.16. The molecule has 2 rings (SSSR count). The van der Waals surface area contributed by atoms with E-state index in [0.29, 0.717) is 6.54 Å². The van der Waals surface area contributed by atoms with Gasteiger partial charge in [0.2, 0.25) is 0 Å². The van der Waals surface area contributed by atoms with Crippen LogP contribution in [0.2, 0.25) is 5.02 Å². The summed E-state index contributed by atoms with van der Waals surface area (Å²) in [7, 11) is 0. The van der Waals surface area contributed by atoms with Crippen LogP contribution >= 0.6 is 11.6 Å². The van der Waals surface area contributed by atoms with Gasteiger partial charge in [-0.2, -0.15) is 0 Å². The van der Waals surface area contributed by atoms with Crippen LogP contribution in [0.4, 0.5) is 5.69 Å². The summed E-state index contributed by atoms with van der Waals surface area (Å²) in [6, 6.07) is 9.26. The lowest BCUT2D eigenvalue weighted by molar-refractivity contribution is 0.0995. The Morgan fingerprint density at radius 3 is 2.84 bits per heavy atom. The lowest BCUT2D eigenvalue weighted by atomic mass is 10.1. The molecule has 4 nitrogen and oxygen atoms in total. The smallest absolute Gasteiger partial charge is 0.267 e. The SMILES string of the molecule is Cc1cc(CNc2ccnc(C(N)=O)c2)ccc1Cl. The number of hydrogen-bond acceptors (Lipinski definition) is 3. The van der Waals surface area contributed by atoms with E-state index in [-0.39, 0.29) is 5.69 Å². The molecule has 0 unspecified atom stereocenters. The summed E-state index contributed by atoms with van der Waals surface area (Å²) in [6.07, 6.45) is 1.55. The summed E-state index contributed by atoms with van der Waals surface area (Å²) in [6.45, 7) is 2.60. The van der Waals surface area contributed by atoms with Crippen LogP contribution in [0.1, 0.15) is 21.6 Å². The van der Waals surface area contributed by atoms with Gasteiger partial charge in [-0.05, 0) is 36.2 Å². The molecule has 0 aliphatic heterocycles. The quantitative estimate of drug-likeness (QED) is 0.901. The summed E-state index contributed by atoms with van der Waals surface area (Å²) < 4.78 is 0. The average Bonchev–Trinajstić information content (AvgIpc) is 2.40. The number of halogens is 1. The molecule has 0 atom stereocenters. The molecule has 5 heteroatoms. The summed E-state index contributed by atoms with van der Waals surface area (Å²) in [4.78, 5) is 14.9. The van der Waals surface area contributed by atoms with Crippen molar-refractivity contribution in [2.45, 2.75) is 13.5 Å². The van der Waals surface area contributed by atoms with Gasteiger partial charge in [-0.1, -0.05) is 23.7 Å². The van der Waals surface area contributed by atoms with Gasteiger partial charge >= 0.3 is 0 Å². The van der Waals surface area contributed by atoms with Crippen molar-refractivity contribution in [3.63, 3.8) is 0 Å². The van der Waals surface area contributed by atoms with Gasteiger partial charge in [0, 0.05) is 23.5 Å². The molecule has 0 saturated heterocycles. The molecule has 19 heavy (non-hydrogen) atoms. The molecule has 98 valence electrons. The Bertz CT molecular complexity index is 613. The van der Waals surface area contributed by atoms with Crippen molar-refractivity contribution in [3.8, 4) is 0 Å². The fraction of sp³-hybridized carbons (Fsp3) is 0.143. The van der Waals surface area contributed by atoms with Crippen molar-refractivity contribution in [2.75, 3.05) is 5.32 Å². The number of carbonyl (C=O) groups excluding carboxylic acids is 1. The number of nitrogens with one attached hydrogen (secondary N) is 1. The van der Waals surface area contributed by atoms with E-state index in [9.17, 15) is 4.79 Å². The number of carbonyl (C=O) groups is 1. The zero-order valence-electron chi connectivity index (χ0n) is 10.5. The van der Waals surface area contributed by atoms with Gasteiger partial charge in [0.05, 0.1) is 0 Å². The highest BCUT2D eigenvalue weighted by Crippen LogP contribution is 2.17. The Morgan fingerprint density at radius 2 is 2.16 bits per heavy atom. The van der Waals surface area contributed by atoms with Crippen molar-refractivity contribution < 1.29 is 4.79 Å². The Hall–Kier alpha value is -2.07. The third kappa shape index (κ3) is 3.45. The highest BCUT2D eigenvalue weighted by Gasteiger charge is 2.03. The van der Waals surface area contributed by atoms with E-state index in [0.717, 1.165) is 21.8 Å². The normalized spacial score (nSPS) is 10.2. The number of pyridine rings is 1. The number of aryl methyl sites for hydroxylation is 1. The zero-order chi connectivity index (χ0) is 13.8. The zero-order valence-corrected chi connectivity index (χ0v) is 11.2. The number of rotatable bonds is 4. The summed E-state index contributed by atoms with van der Waals surface area (Å²) >= 11 is 5.97. The highest BCUT2D eigenvalue weighted by molar-refractivity contribution is 6.31. The van der Waals surface area contributed by atoms with Crippen LogP contribution in [0.5, 0.6) is 0 Å². The van der Waals surface area contributed by atoms with Crippen LogP contribution in [-0.4, -0.2) is 10.9 Å². The van der Waals surface area contributed by atoms with Crippen LogP contribution in [-0.2, 0) is 6.54 Å². The van der Waals surface area contributed by atoms with Crippen LogP contribution in [0.25, 0.3) is 0 Å². The molecule has 1 amide bonds. The lowest BCUT2D eigenvalue weighted by Crippen LogP contribution is -2.13. The molecule has 2 aromatic rings. The fourth-order valence-corrected chi connectivity index (χ4v) is 1.81. The Labute approximate surface area is 116 Å². The number of hydrogen-bond donors (Lipinski definition) is 2. The predicted molar refractivity (Wildman–Crippen MR) is 76.3 cm³/mol. The van der Waals surface area contributed by atoms with Crippen LogP contribution in [0, 0.1) is 6.92 Å². The minimum Gasteiger partial charge on any atom is -0.381 e. The lowest BCUT2D eigenvalue weighted by Gasteiger charge is -2.08. The maximum Gasteiger partial charge on any atom is 0.267 e. The molecule has 0 spiro atoms. The van der Waals surface area contributed by atoms with Gasteiger partial charge in [-0.3, -0.25) is 9.78 Å². The number of anilines is 1. The van der Waals surface area contributed by atoms with E-state index in [1.165, 1.54) is 0 Å². The first kappa shape index (κ1) is 13.4. The summed E-state index contributed by atoms with van der Waals surface area (Å²) in [5.41, 5.74) is 8.38. The minimum atomic E-state index is -0.536. The standard InChI is InChI=1S/C14H14ClN3O/c1-9-6-10(2-3-12(9)15)8-18-11-4-5-17-13(7-11)14(16)19/h2-7H,8H2,1H3,(H2,16,19)(H,17,18). The first-order chi connectivity index (χ1) is 9.06. The molecule has 1 aromatic heterocycles. The summed E-state index contributed by atoms with van der Waals surface area (Å²) in [5.74, 6) is -0.536. The topological polar surface area (TPSA) is 68.0 Å². The highest BCUT2D eigenvalue weighted by atomic mass is 35.5. The maximum absolute atomic E-state index is 11.0. The largest absolute Gasteiger partial charge is 0.381 e. The number of aromatic nitrogens is 1. The molecule has 0 aliphatic rings. The van der Waals surface area contributed by atoms with Gasteiger partial charge in [-0.25, -0.2) is 0 Å². The van der Waals surface area contributed by atoms with Crippen molar-refractivity contribution >= 4 is 23.2 Å². The molecule has 0 aliphatic carbocycles. The average molecular weight is 276 g/mol. The number of benzene rings is 1. The molecular weight excluding hydrogens is 262 g/mol. The Morgan fingerprint density at radius 1 is 1.37 bits per heavy atom. The second-order valence-electron chi connectivity index (χ2n) is 4.23. The second-order valence-corrected chi connectivity index (χ2v) is 4.64. The van der Waals surface area contributed by atoms with Crippen LogP contribution in [0.15, 0.2) is 36.5 Å². The molecule has 0 radical (unpaired) electrons. The van der Waals surface area contributed by atoms with Crippen LogP contribution in [0.3, 0.4) is 0 Å². The molecule has 1 heterocycles. The first-order valence-electron chi connectivity index (χ1n) is 5.81.